The fraction of sp³-hybridized carbons (Fsp3) is 0. The lowest BCUT2D eigenvalue weighted by molar-refractivity contribution is 0.609. The Morgan fingerprint density at radius 2 is 1.69 bits per heavy atom. The molecule has 2 rings (SSSR count). The molecule has 0 unspecified atom stereocenters. The van der Waals surface area contributed by atoms with Gasteiger partial charge in [-0.3, -0.25) is 4.98 Å². The SMILES string of the molecule is O=S(=O)(Cl)c1cncc(-c2ccccc2)c1. The van der Waals surface area contributed by atoms with Crippen LogP contribution in [0.3, 0.4) is 0 Å². The average Bonchev–Trinajstić information content (AvgIpc) is 2.29. The van der Waals surface area contributed by atoms with Gasteiger partial charge in [0.2, 0.25) is 0 Å². The van der Waals surface area contributed by atoms with E-state index in [-0.39, 0.29) is 4.90 Å². The van der Waals surface area contributed by atoms with Gasteiger partial charge in [0.25, 0.3) is 9.05 Å². The van der Waals surface area contributed by atoms with Crippen LogP contribution in [0.25, 0.3) is 11.1 Å². The predicted molar refractivity (Wildman–Crippen MR) is 62.7 cm³/mol. The summed E-state index contributed by atoms with van der Waals surface area (Å²) in [5.74, 6) is 0. The molecule has 0 N–H and O–H groups in total. The third-order valence-corrected chi connectivity index (χ3v) is 3.42. The van der Waals surface area contributed by atoms with Crippen LogP contribution >= 0.6 is 10.7 Å². The highest BCUT2D eigenvalue weighted by Crippen LogP contribution is 2.22. The zero-order valence-electron chi connectivity index (χ0n) is 8.17. The van der Waals surface area contributed by atoms with Crippen molar-refractivity contribution in [2.45, 2.75) is 4.90 Å². The summed E-state index contributed by atoms with van der Waals surface area (Å²) in [6.07, 6.45) is 2.83. The van der Waals surface area contributed by atoms with Gasteiger partial charge < -0.3 is 0 Å². The zero-order chi connectivity index (χ0) is 11.6. The van der Waals surface area contributed by atoms with Gasteiger partial charge in [0, 0.05) is 28.6 Å². The standard InChI is InChI=1S/C11H8ClNO2S/c12-16(14,15)11-6-10(7-13-8-11)9-4-2-1-3-5-9/h1-8H. The summed E-state index contributed by atoms with van der Waals surface area (Å²) in [4.78, 5) is 3.87. The molecule has 3 nitrogen and oxygen atoms in total. The highest BCUT2D eigenvalue weighted by molar-refractivity contribution is 8.13. The molecule has 16 heavy (non-hydrogen) atoms. The lowest BCUT2D eigenvalue weighted by Crippen LogP contribution is -1.92. The summed E-state index contributed by atoms with van der Waals surface area (Å²) in [5, 5.41) is 0. The van der Waals surface area contributed by atoms with E-state index in [0.29, 0.717) is 0 Å². The molecule has 1 aromatic carbocycles. The highest BCUT2D eigenvalue weighted by Gasteiger charge is 2.11. The molecule has 1 aromatic heterocycles. The van der Waals surface area contributed by atoms with Crippen LogP contribution < -0.4 is 0 Å². The normalized spacial score (nSPS) is 11.3. The molecule has 2 aromatic rings. The van der Waals surface area contributed by atoms with Crippen LogP contribution in [0.4, 0.5) is 0 Å². The van der Waals surface area contributed by atoms with Gasteiger partial charge in [-0.1, -0.05) is 30.3 Å². The Hall–Kier alpha value is -1.39. The molecular weight excluding hydrogens is 246 g/mol. The first-order chi connectivity index (χ1) is 7.57. The highest BCUT2D eigenvalue weighted by atomic mass is 35.7. The minimum Gasteiger partial charge on any atom is -0.263 e. The van der Waals surface area contributed by atoms with Gasteiger partial charge in [-0.25, -0.2) is 8.42 Å². The summed E-state index contributed by atoms with van der Waals surface area (Å²) in [6.45, 7) is 0. The van der Waals surface area contributed by atoms with E-state index in [4.69, 9.17) is 10.7 Å². The van der Waals surface area contributed by atoms with Crippen molar-refractivity contribution in [3.05, 3.63) is 48.8 Å². The Kier molecular flexibility index (Phi) is 2.94. The predicted octanol–water partition coefficient (Wildman–Crippen LogP) is 2.68. The summed E-state index contributed by atoms with van der Waals surface area (Å²) in [5.41, 5.74) is 1.62. The molecule has 0 spiro atoms. The second-order valence-electron chi connectivity index (χ2n) is 3.21. The molecule has 0 saturated heterocycles. The van der Waals surface area contributed by atoms with E-state index in [1.807, 2.05) is 30.3 Å². The Morgan fingerprint density at radius 1 is 1.00 bits per heavy atom. The molecular formula is C11H8ClNO2S. The van der Waals surface area contributed by atoms with Crippen molar-refractivity contribution in [1.82, 2.24) is 4.98 Å². The van der Waals surface area contributed by atoms with Crippen molar-refractivity contribution in [2.24, 2.45) is 0 Å². The fourth-order valence-electron chi connectivity index (χ4n) is 1.34. The number of hydrogen-bond donors (Lipinski definition) is 0. The number of pyridine rings is 1. The van der Waals surface area contributed by atoms with Crippen molar-refractivity contribution in [2.75, 3.05) is 0 Å². The number of halogens is 1. The largest absolute Gasteiger partial charge is 0.263 e. The second-order valence-corrected chi connectivity index (χ2v) is 5.78. The maximum absolute atomic E-state index is 11.1. The molecule has 0 saturated carbocycles. The second kappa shape index (κ2) is 4.23. The number of rotatable bonds is 2. The maximum atomic E-state index is 11.1. The first-order valence-corrected chi connectivity index (χ1v) is 6.83. The molecule has 0 radical (unpaired) electrons. The Morgan fingerprint density at radius 3 is 2.31 bits per heavy atom. The molecule has 0 fully saturated rings. The number of hydrogen-bond acceptors (Lipinski definition) is 3. The van der Waals surface area contributed by atoms with Crippen LogP contribution in [0.2, 0.25) is 0 Å². The molecule has 0 bridgehead atoms. The van der Waals surface area contributed by atoms with Crippen LogP contribution in [0.15, 0.2) is 53.7 Å². The fourth-order valence-corrected chi connectivity index (χ4v) is 2.05. The molecule has 1 heterocycles. The van der Waals surface area contributed by atoms with Crippen molar-refractivity contribution in [3.63, 3.8) is 0 Å². The van der Waals surface area contributed by atoms with E-state index >= 15 is 0 Å². The third kappa shape index (κ3) is 2.40. The Bertz CT molecular complexity index is 596. The lowest BCUT2D eigenvalue weighted by atomic mass is 10.1. The van der Waals surface area contributed by atoms with Crippen molar-refractivity contribution in [3.8, 4) is 11.1 Å². The Labute approximate surface area is 98.1 Å². The van der Waals surface area contributed by atoms with Gasteiger partial charge in [0.15, 0.2) is 0 Å². The summed E-state index contributed by atoms with van der Waals surface area (Å²) < 4.78 is 22.3. The zero-order valence-corrected chi connectivity index (χ0v) is 9.74. The van der Waals surface area contributed by atoms with Crippen LogP contribution in [-0.2, 0) is 9.05 Å². The molecule has 0 aliphatic carbocycles. The van der Waals surface area contributed by atoms with Crippen molar-refractivity contribution < 1.29 is 8.42 Å². The molecule has 0 aliphatic heterocycles. The molecule has 5 heteroatoms. The topological polar surface area (TPSA) is 47.0 Å². The maximum Gasteiger partial charge on any atom is 0.262 e. The third-order valence-electron chi connectivity index (χ3n) is 2.10. The summed E-state index contributed by atoms with van der Waals surface area (Å²) in [7, 11) is 1.53. The first-order valence-electron chi connectivity index (χ1n) is 4.52. The average molecular weight is 254 g/mol. The smallest absolute Gasteiger partial charge is 0.262 e. The van der Waals surface area contributed by atoms with Gasteiger partial charge in [-0.15, -0.1) is 0 Å². The molecule has 0 aliphatic rings. The molecule has 0 amide bonds. The molecule has 0 atom stereocenters. The first kappa shape index (κ1) is 11.1. The van der Waals surface area contributed by atoms with E-state index in [2.05, 4.69) is 4.98 Å². The van der Waals surface area contributed by atoms with Gasteiger partial charge in [0.05, 0.1) is 0 Å². The quantitative estimate of drug-likeness (QED) is 0.773. The number of nitrogens with zero attached hydrogens (tertiary/aromatic N) is 1. The van der Waals surface area contributed by atoms with Crippen LogP contribution in [0.5, 0.6) is 0 Å². The van der Waals surface area contributed by atoms with Crippen LogP contribution in [-0.4, -0.2) is 13.4 Å². The lowest BCUT2D eigenvalue weighted by Gasteiger charge is -2.02. The van der Waals surface area contributed by atoms with Gasteiger partial charge in [-0.05, 0) is 11.6 Å². The minimum absolute atomic E-state index is 0.00974. The van der Waals surface area contributed by atoms with Crippen molar-refractivity contribution in [1.29, 1.82) is 0 Å². The summed E-state index contributed by atoms with van der Waals surface area (Å²) >= 11 is 0. The van der Waals surface area contributed by atoms with Gasteiger partial charge >= 0.3 is 0 Å². The van der Waals surface area contributed by atoms with Crippen LogP contribution in [0.1, 0.15) is 0 Å². The van der Waals surface area contributed by atoms with Gasteiger partial charge in [0.1, 0.15) is 4.90 Å². The van der Waals surface area contributed by atoms with E-state index in [1.54, 1.807) is 6.20 Å². The van der Waals surface area contributed by atoms with Crippen molar-refractivity contribution >= 4 is 19.7 Å². The monoisotopic (exact) mass is 253 g/mol. The minimum atomic E-state index is -3.72. The summed E-state index contributed by atoms with van der Waals surface area (Å²) in [6, 6.07) is 10.9. The van der Waals surface area contributed by atoms with E-state index < -0.39 is 9.05 Å². The molecule has 82 valence electrons. The van der Waals surface area contributed by atoms with E-state index in [9.17, 15) is 8.42 Å². The van der Waals surface area contributed by atoms with Crippen LogP contribution in [0, 0.1) is 0 Å². The van der Waals surface area contributed by atoms with E-state index in [1.165, 1.54) is 12.3 Å². The van der Waals surface area contributed by atoms with E-state index in [0.717, 1.165) is 11.1 Å². The Balaban J connectivity index is 2.53. The van der Waals surface area contributed by atoms with Gasteiger partial charge in [-0.2, -0.15) is 0 Å². The number of aromatic nitrogens is 1. The number of benzene rings is 1.